The monoisotopic (exact) mass is 475 g/mol. The molecular weight excluding hydrogens is 457 g/mol. The standard InChI is InChI=1S/C19H20Cl3N3O3S/c1-13-14(20)4-2-6-16(13)23-18(26)12-24-8-10-25(11-9-24)29(27,28)17-7-3-5-15(21)19(17)22/h2-7H,8-12H2,1H3,(H,23,26). The molecule has 3 rings (SSSR count). The van der Waals surface area contributed by atoms with Gasteiger partial charge in [-0.1, -0.05) is 46.9 Å². The summed E-state index contributed by atoms with van der Waals surface area (Å²) in [5, 5.41) is 3.65. The molecule has 29 heavy (non-hydrogen) atoms. The minimum Gasteiger partial charge on any atom is -0.325 e. The van der Waals surface area contributed by atoms with Crippen molar-refractivity contribution in [2.75, 3.05) is 38.0 Å². The van der Waals surface area contributed by atoms with Crippen molar-refractivity contribution in [3.63, 3.8) is 0 Å². The number of amides is 1. The summed E-state index contributed by atoms with van der Waals surface area (Å²) in [5.41, 5.74) is 1.47. The Kier molecular flexibility index (Phi) is 7.09. The Bertz CT molecular complexity index is 1020. The van der Waals surface area contributed by atoms with Gasteiger partial charge in [-0.25, -0.2) is 8.42 Å². The number of hydrogen-bond donors (Lipinski definition) is 1. The van der Waals surface area contributed by atoms with Crippen LogP contribution in [-0.4, -0.2) is 56.3 Å². The van der Waals surface area contributed by atoms with Gasteiger partial charge in [0.1, 0.15) is 4.90 Å². The van der Waals surface area contributed by atoms with E-state index in [0.29, 0.717) is 23.8 Å². The van der Waals surface area contributed by atoms with Crippen molar-refractivity contribution in [1.82, 2.24) is 9.21 Å². The molecular formula is C19H20Cl3N3O3S. The van der Waals surface area contributed by atoms with E-state index in [-0.39, 0.29) is 40.5 Å². The van der Waals surface area contributed by atoms with Gasteiger partial charge in [0.25, 0.3) is 0 Å². The van der Waals surface area contributed by atoms with Gasteiger partial charge in [-0.15, -0.1) is 0 Å². The van der Waals surface area contributed by atoms with E-state index < -0.39 is 10.0 Å². The van der Waals surface area contributed by atoms with Gasteiger partial charge in [-0.2, -0.15) is 4.31 Å². The van der Waals surface area contributed by atoms with Crippen LogP contribution in [0.2, 0.25) is 15.1 Å². The fourth-order valence-corrected chi connectivity index (χ4v) is 5.42. The van der Waals surface area contributed by atoms with Gasteiger partial charge in [0.2, 0.25) is 15.9 Å². The predicted octanol–water partition coefficient (Wildman–Crippen LogP) is 3.90. The van der Waals surface area contributed by atoms with Crippen LogP contribution in [0.5, 0.6) is 0 Å². The number of rotatable bonds is 5. The SMILES string of the molecule is Cc1c(Cl)cccc1NC(=O)CN1CCN(S(=O)(=O)c2cccc(Cl)c2Cl)CC1. The molecule has 1 saturated heterocycles. The van der Waals surface area contributed by atoms with E-state index in [1.807, 2.05) is 11.8 Å². The average molecular weight is 477 g/mol. The molecule has 156 valence electrons. The lowest BCUT2D eigenvalue weighted by Crippen LogP contribution is -2.50. The van der Waals surface area contributed by atoms with Gasteiger partial charge in [-0.3, -0.25) is 9.69 Å². The topological polar surface area (TPSA) is 69.7 Å². The van der Waals surface area contributed by atoms with Crippen molar-refractivity contribution in [3.8, 4) is 0 Å². The zero-order valence-corrected chi connectivity index (χ0v) is 18.7. The molecule has 10 heteroatoms. The van der Waals surface area contributed by atoms with Gasteiger partial charge >= 0.3 is 0 Å². The van der Waals surface area contributed by atoms with E-state index in [1.54, 1.807) is 30.3 Å². The first-order valence-corrected chi connectivity index (χ1v) is 11.5. The van der Waals surface area contributed by atoms with E-state index >= 15 is 0 Å². The Balaban J connectivity index is 1.59. The molecule has 1 heterocycles. The molecule has 1 amide bonds. The second kappa shape index (κ2) is 9.20. The Morgan fingerprint density at radius 3 is 2.31 bits per heavy atom. The number of anilines is 1. The van der Waals surface area contributed by atoms with E-state index in [2.05, 4.69) is 5.32 Å². The first-order valence-electron chi connectivity index (χ1n) is 8.91. The summed E-state index contributed by atoms with van der Waals surface area (Å²) in [6, 6.07) is 9.86. The first kappa shape index (κ1) is 22.3. The van der Waals surface area contributed by atoms with Crippen LogP contribution in [0.25, 0.3) is 0 Å². The van der Waals surface area contributed by atoms with E-state index in [0.717, 1.165) is 5.56 Å². The van der Waals surface area contributed by atoms with Crippen molar-refractivity contribution < 1.29 is 13.2 Å². The lowest BCUT2D eigenvalue weighted by atomic mass is 10.2. The summed E-state index contributed by atoms with van der Waals surface area (Å²) < 4.78 is 27.1. The van der Waals surface area contributed by atoms with Gasteiger partial charge in [-0.05, 0) is 36.8 Å². The Labute approximate surface area is 185 Å². The highest BCUT2D eigenvalue weighted by Crippen LogP contribution is 2.31. The Hall–Kier alpha value is -1.35. The third-order valence-electron chi connectivity index (χ3n) is 4.77. The van der Waals surface area contributed by atoms with Crippen LogP contribution in [0, 0.1) is 6.92 Å². The van der Waals surface area contributed by atoms with Crippen LogP contribution in [0.1, 0.15) is 5.56 Å². The third kappa shape index (κ3) is 5.05. The molecule has 1 fully saturated rings. The average Bonchev–Trinajstić information content (AvgIpc) is 2.68. The molecule has 1 aliphatic heterocycles. The van der Waals surface area contributed by atoms with Crippen LogP contribution in [0.15, 0.2) is 41.3 Å². The second-order valence-electron chi connectivity index (χ2n) is 6.69. The predicted molar refractivity (Wildman–Crippen MR) is 116 cm³/mol. The number of hydrogen-bond acceptors (Lipinski definition) is 4. The highest BCUT2D eigenvalue weighted by atomic mass is 35.5. The number of piperazine rings is 1. The summed E-state index contributed by atoms with van der Waals surface area (Å²) >= 11 is 18.1. The molecule has 1 aliphatic rings. The number of carbonyl (C=O) groups is 1. The highest BCUT2D eigenvalue weighted by molar-refractivity contribution is 7.89. The number of carbonyl (C=O) groups excluding carboxylic acids is 1. The fourth-order valence-electron chi connectivity index (χ4n) is 3.09. The van der Waals surface area contributed by atoms with Gasteiger partial charge < -0.3 is 5.32 Å². The minimum atomic E-state index is -3.75. The molecule has 0 bridgehead atoms. The molecule has 0 aromatic heterocycles. The maximum absolute atomic E-state index is 12.9. The lowest BCUT2D eigenvalue weighted by Gasteiger charge is -2.33. The molecule has 0 spiro atoms. The fraction of sp³-hybridized carbons (Fsp3) is 0.316. The molecule has 0 unspecified atom stereocenters. The molecule has 0 aliphatic carbocycles. The maximum Gasteiger partial charge on any atom is 0.244 e. The molecule has 2 aromatic carbocycles. The number of halogens is 3. The lowest BCUT2D eigenvalue weighted by molar-refractivity contribution is -0.117. The minimum absolute atomic E-state index is 0.00529. The quantitative estimate of drug-likeness (QED) is 0.710. The Morgan fingerprint density at radius 1 is 1.00 bits per heavy atom. The van der Waals surface area contributed by atoms with Crippen molar-refractivity contribution in [3.05, 3.63) is 57.0 Å². The molecule has 1 N–H and O–H groups in total. The summed E-state index contributed by atoms with van der Waals surface area (Å²) in [5.74, 6) is -0.176. The molecule has 0 saturated carbocycles. The van der Waals surface area contributed by atoms with Crippen LogP contribution in [-0.2, 0) is 14.8 Å². The Morgan fingerprint density at radius 2 is 1.62 bits per heavy atom. The van der Waals surface area contributed by atoms with Crippen LogP contribution in [0.3, 0.4) is 0 Å². The molecule has 6 nitrogen and oxygen atoms in total. The molecule has 0 atom stereocenters. The van der Waals surface area contributed by atoms with Crippen molar-refractivity contribution in [2.24, 2.45) is 0 Å². The van der Waals surface area contributed by atoms with Crippen molar-refractivity contribution >= 4 is 56.4 Å². The smallest absolute Gasteiger partial charge is 0.244 e. The van der Waals surface area contributed by atoms with Crippen molar-refractivity contribution in [1.29, 1.82) is 0 Å². The van der Waals surface area contributed by atoms with E-state index in [4.69, 9.17) is 34.8 Å². The summed E-state index contributed by atoms with van der Waals surface area (Å²) in [6.45, 7) is 3.38. The van der Waals surface area contributed by atoms with Gasteiger partial charge in [0.05, 0.1) is 16.6 Å². The molecule has 2 aromatic rings. The van der Waals surface area contributed by atoms with Gasteiger partial charge in [0.15, 0.2) is 0 Å². The molecule has 0 radical (unpaired) electrons. The normalized spacial score (nSPS) is 16.0. The largest absolute Gasteiger partial charge is 0.325 e. The van der Waals surface area contributed by atoms with Crippen molar-refractivity contribution in [2.45, 2.75) is 11.8 Å². The number of benzene rings is 2. The number of nitrogens with one attached hydrogen (secondary N) is 1. The number of nitrogens with zero attached hydrogens (tertiary/aromatic N) is 2. The maximum atomic E-state index is 12.9. The summed E-state index contributed by atoms with van der Waals surface area (Å²) in [7, 11) is -3.75. The van der Waals surface area contributed by atoms with Crippen LogP contribution in [0.4, 0.5) is 5.69 Å². The first-order chi connectivity index (χ1) is 13.7. The second-order valence-corrected chi connectivity index (χ2v) is 9.79. The van der Waals surface area contributed by atoms with Crippen LogP contribution < -0.4 is 5.32 Å². The van der Waals surface area contributed by atoms with E-state index in [9.17, 15) is 13.2 Å². The highest BCUT2D eigenvalue weighted by Gasteiger charge is 2.31. The van der Waals surface area contributed by atoms with Gasteiger partial charge in [0, 0.05) is 36.9 Å². The number of sulfonamides is 1. The summed E-state index contributed by atoms with van der Waals surface area (Å²) in [4.78, 5) is 14.3. The zero-order valence-electron chi connectivity index (χ0n) is 15.7. The van der Waals surface area contributed by atoms with E-state index in [1.165, 1.54) is 10.4 Å². The summed E-state index contributed by atoms with van der Waals surface area (Å²) in [6.07, 6.45) is 0. The third-order valence-corrected chi connectivity index (χ3v) is 8.06. The zero-order chi connectivity index (χ0) is 21.2. The van der Waals surface area contributed by atoms with Crippen LogP contribution >= 0.6 is 34.8 Å².